The van der Waals surface area contributed by atoms with E-state index in [4.69, 9.17) is 10.7 Å². The Morgan fingerprint density at radius 1 is 1.21 bits per heavy atom. The van der Waals surface area contributed by atoms with Crippen LogP contribution >= 0.6 is 0 Å². The van der Waals surface area contributed by atoms with E-state index in [0.717, 1.165) is 40.2 Å². The number of aryl methyl sites for hydroxylation is 1. The smallest absolute Gasteiger partial charge is 0.340 e. The Hall–Kier alpha value is -2.99. The number of carbonyl (C=O) groups excluding carboxylic acids is 1. The number of ether oxygens (including phenoxy) is 1. The fourth-order valence-electron chi connectivity index (χ4n) is 3.33. The molecule has 146 valence electrons. The van der Waals surface area contributed by atoms with Crippen LogP contribution in [0.3, 0.4) is 0 Å². The number of aliphatic imine (C=N–C) groups is 1. The van der Waals surface area contributed by atoms with Crippen LogP contribution < -0.4 is 5.73 Å². The van der Waals surface area contributed by atoms with Crippen molar-refractivity contribution in [3.05, 3.63) is 81.8 Å². The number of carbonyl (C=O) groups is 1. The van der Waals surface area contributed by atoms with E-state index in [2.05, 4.69) is 9.64 Å². The zero-order valence-electron chi connectivity index (χ0n) is 16.3. The van der Waals surface area contributed by atoms with Gasteiger partial charge in [0.1, 0.15) is 5.82 Å². The number of hydrogen-bond acceptors (Lipinski definition) is 5. The molecule has 6 heteroatoms. The minimum atomic E-state index is -0.702. The van der Waals surface area contributed by atoms with Gasteiger partial charge in [0, 0.05) is 29.9 Å². The molecular formula is C22H24FN3O2. The zero-order chi connectivity index (χ0) is 20.3. The minimum absolute atomic E-state index is 0.0908. The summed E-state index contributed by atoms with van der Waals surface area (Å²) >= 11 is 0. The number of halogens is 1. The average molecular weight is 381 g/mol. The summed E-state index contributed by atoms with van der Waals surface area (Å²) in [5.74, 6) is -1.31. The number of rotatable bonds is 5. The summed E-state index contributed by atoms with van der Waals surface area (Å²) in [5, 5.41) is 0. The van der Waals surface area contributed by atoms with Gasteiger partial charge in [-0.25, -0.2) is 9.18 Å². The number of esters is 1. The van der Waals surface area contributed by atoms with E-state index in [-0.39, 0.29) is 5.56 Å². The first-order valence-electron chi connectivity index (χ1n) is 9.04. The van der Waals surface area contributed by atoms with Crippen molar-refractivity contribution < 1.29 is 13.9 Å². The van der Waals surface area contributed by atoms with Gasteiger partial charge in [-0.2, -0.15) is 0 Å². The van der Waals surface area contributed by atoms with Crippen molar-refractivity contribution in [2.45, 2.75) is 13.5 Å². The standard InChI is InChI=1S/C22H24FN3O2/c1-14-6-4-5-7-16(14)21(18-12-26(2)13-20(18)24)25-11-15-8-9-19(23)17(10-15)22(27)28-3/h4-10H,11-13,24H2,1-3H3. The molecule has 0 saturated carbocycles. The molecule has 0 fully saturated rings. The van der Waals surface area contributed by atoms with Crippen LogP contribution in [0.2, 0.25) is 0 Å². The first kappa shape index (κ1) is 19.8. The van der Waals surface area contributed by atoms with Gasteiger partial charge in [-0.05, 0) is 37.2 Å². The van der Waals surface area contributed by atoms with Crippen molar-refractivity contribution in [2.24, 2.45) is 10.7 Å². The number of nitrogens with two attached hydrogens (primary N) is 1. The Morgan fingerprint density at radius 2 is 1.96 bits per heavy atom. The second-order valence-corrected chi connectivity index (χ2v) is 6.96. The fourth-order valence-corrected chi connectivity index (χ4v) is 3.33. The number of methoxy groups -OCH3 is 1. The third-order valence-corrected chi connectivity index (χ3v) is 4.80. The molecule has 28 heavy (non-hydrogen) atoms. The maximum atomic E-state index is 13.9. The largest absolute Gasteiger partial charge is 0.465 e. The third-order valence-electron chi connectivity index (χ3n) is 4.80. The summed E-state index contributed by atoms with van der Waals surface area (Å²) in [4.78, 5) is 18.7. The molecule has 2 aromatic rings. The summed E-state index contributed by atoms with van der Waals surface area (Å²) in [5.41, 5.74) is 11.7. The summed E-state index contributed by atoms with van der Waals surface area (Å²) in [6.45, 7) is 3.75. The molecule has 0 bridgehead atoms. The highest BCUT2D eigenvalue weighted by Crippen LogP contribution is 2.22. The summed E-state index contributed by atoms with van der Waals surface area (Å²) in [7, 11) is 3.24. The molecule has 1 aliphatic heterocycles. The van der Waals surface area contributed by atoms with Crippen molar-refractivity contribution >= 4 is 11.7 Å². The van der Waals surface area contributed by atoms with Crippen LogP contribution in [0, 0.1) is 12.7 Å². The highest BCUT2D eigenvalue weighted by Gasteiger charge is 2.23. The van der Waals surface area contributed by atoms with Gasteiger partial charge in [0.2, 0.25) is 0 Å². The zero-order valence-corrected chi connectivity index (χ0v) is 16.3. The van der Waals surface area contributed by atoms with Crippen molar-refractivity contribution in [3.63, 3.8) is 0 Å². The fraction of sp³-hybridized carbons (Fsp3) is 0.273. The van der Waals surface area contributed by atoms with Gasteiger partial charge in [-0.15, -0.1) is 0 Å². The molecule has 0 atom stereocenters. The van der Waals surface area contributed by atoms with Crippen molar-refractivity contribution in [1.29, 1.82) is 0 Å². The monoisotopic (exact) mass is 381 g/mol. The number of nitrogens with zero attached hydrogens (tertiary/aromatic N) is 2. The van der Waals surface area contributed by atoms with Crippen LogP contribution in [0.15, 0.2) is 58.7 Å². The molecule has 1 aliphatic rings. The van der Waals surface area contributed by atoms with Gasteiger partial charge < -0.3 is 10.5 Å². The lowest BCUT2D eigenvalue weighted by molar-refractivity contribution is 0.0595. The predicted molar refractivity (Wildman–Crippen MR) is 108 cm³/mol. The van der Waals surface area contributed by atoms with Crippen LogP contribution in [0.25, 0.3) is 0 Å². The van der Waals surface area contributed by atoms with Gasteiger partial charge in [0.05, 0.1) is 24.9 Å². The molecule has 2 N–H and O–H groups in total. The molecule has 0 radical (unpaired) electrons. The van der Waals surface area contributed by atoms with Crippen LogP contribution in [0.4, 0.5) is 4.39 Å². The van der Waals surface area contributed by atoms with Gasteiger partial charge in [-0.1, -0.05) is 30.3 Å². The molecule has 5 nitrogen and oxygen atoms in total. The maximum absolute atomic E-state index is 13.9. The van der Waals surface area contributed by atoms with Crippen molar-refractivity contribution in [2.75, 3.05) is 27.2 Å². The van der Waals surface area contributed by atoms with E-state index >= 15 is 0 Å². The van der Waals surface area contributed by atoms with Crippen molar-refractivity contribution in [3.8, 4) is 0 Å². The van der Waals surface area contributed by atoms with E-state index in [1.165, 1.54) is 19.2 Å². The predicted octanol–water partition coefficient (Wildman–Crippen LogP) is 3.07. The second-order valence-electron chi connectivity index (χ2n) is 6.96. The lowest BCUT2D eigenvalue weighted by Crippen LogP contribution is -2.18. The van der Waals surface area contributed by atoms with Gasteiger partial charge >= 0.3 is 5.97 Å². The molecule has 0 spiro atoms. The van der Waals surface area contributed by atoms with E-state index in [0.29, 0.717) is 13.1 Å². The Kier molecular flexibility index (Phi) is 5.90. The van der Waals surface area contributed by atoms with Gasteiger partial charge in [-0.3, -0.25) is 9.89 Å². The van der Waals surface area contributed by atoms with Crippen LogP contribution in [-0.4, -0.2) is 43.8 Å². The molecule has 0 unspecified atom stereocenters. The van der Waals surface area contributed by atoms with Gasteiger partial charge in [0.25, 0.3) is 0 Å². The number of hydrogen-bond donors (Lipinski definition) is 1. The van der Waals surface area contributed by atoms with Crippen molar-refractivity contribution in [1.82, 2.24) is 4.90 Å². The molecular weight excluding hydrogens is 357 g/mol. The molecule has 0 aromatic heterocycles. The molecule has 2 aromatic carbocycles. The highest BCUT2D eigenvalue weighted by atomic mass is 19.1. The normalized spacial score (nSPS) is 15.2. The molecule has 0 aliphatic carbocycles. The quantitative estimate of drug-likeness (QED) is 0.638. The topological polar surface area (TPSA) is 67.9 Å². The molecule has 1 heterocycles. The summed E-state index contributed by atoms with van der Waals surface area (Å²) in [6.07, 6.45) is 0. The Labute approximate surface area is 164 Å². The Balaban J connectivity index is 2.00. The SMILES string of the molecule is COC(=O)c1cc(CN=C(C2=C(N)CN(C)C2)c2ccccc2C)ccc1F. The summed E-state index contributed by atoms with van der Waals surface area (Å²) < 4.78 is 18.5. The molecule has 3 rings (SSSR count). The summed E-state index contributed by atoms with van der Waals surface area (Å²) in [6, 6.07) is 12.4. The van der Waals surface area contributed by atoms with Crippen LogP contribution in [0.1, 0.15) is 27.0 Å². The lowest BCUT2D eigenvalue weighted by Gasteiger charge is -2.13. The first-order valence-corrected chi connectivity index (χ1v) is 9.04. The number of likely N-dealkylation sites (N-methyl/N-ethyl adjacent to an activating group) is 1. The van der Waals surface area contributed by atoms with E-state index in [1.807, 2.05) is 38.2 Å². The lowest BCUT2D eigenvalue weighted by atomic mass is 9.97. The van der Waals surface area contributed by atoms with Crippen LogP contribution in [0.5, 0.6) is 0 Å². The molecule has 0 amide bonds. The second kappa shape index (κ2) is 8.35. The Bertz CT molecular complexity index is 966. The average Bonchev–Trinajstić information content (AvgIpc) is 3.01. The van der Waals surface area contributed by atoms with E-state index in [1.54, 1.807) is 6.07 Å². The minimum Gasteiger partial charge on any atom is -0.465 e. The number of benzene rings is 2. The van der Waals surface area contributed by atoms with E-state index < -0.39 is 11.8 Å². The Morgan fingerprint density at radius 3 is 2.61 bits per heavy atom. The first-order chi connectivity index (χ1) is 13.4. The van der Waals surface area contributed by atoms with Gasteiger partial charge in [0.15, 0.2) is 0 Å². The van der Waals surface area contributed by atoms with E-state index in [9.17, 15) is 9.18 Å². The third kappa shape index (κ3) is 4.12. The maximum Gasteiger partial charge on any atom is 0.340 e. The van der Waals surface area contributed by atoms with Crippen LogP contribution in [-0.2, 0) is 11.3 Å². The highest BCUT2D eigenvalue weighted by molar-refractivity contribution is 6.14. The molecule has 0 saturated heterocycles.